The fraction of sp³-hybridized carbons (Fsp3) is 0.167. The molecule has 0 saturated carbocycles. The molecule has 54 valence electrons. The normalized spacial score (nSPS) is 9.80. The predicted octanol–water partition coefficient (Wildman–Crippen LogP) is 2.36. The summed E-state index contributed by atoms with van der Waals surface area (Å²) in [6.07, 6.45) is 0. The lowest BCUT2D eigenvalue weighted by Gasteiger charge is -1.80. The molecular formula is C6H5IO2S. The summed E-state index contributed by atoms with van der Waals surface area (Å²) in [6.45, 7) is 1.92. The van der Waals surface area contributed by atoms with E-state index in [2.05, 4.69) is 22.6 Å². The Labute approximate surface area is 76.0 Å². The predicted molar refractivity (Wildman–Crippen MR) is 48.7 cm³/mol. The van der Waals surface area contributed by atoms with E-state index >= 15 is 0 Å². The third-order valence-electron chi connectivity index (χ3n) is 1.07. The van der Waals surface area contributed by atoms with Gasteiger partial charge in [-0.05, 0) is 35.6 Å². The number of thiophene rings is 1. The fourth-order valence-corrected chi connectivity index (χ4v) is 2.17. The van der Waals surface area contributed by atoms with E-state index in [1.165, 1.54) is 11.3 Å². The smallest absolute Gasteiger partial charge is 0.345 e. The lowest BCUT2D eigenvalue weighted by molar-refractivity contribution is 0.0702. The molecule has 0 spiro atoms. The first kappa shape index (κ1) is 8.00. The minimum Gasteiger partial charge on any atom is -0.477 e. The Morgan fingerprint density at radius 2 is 2.40 bits per heavy atom. The van der Waals surface area contributed by atoms with E-state index < -0.39 is 5.97 Å². The van der Waals surface area contributed by atoms with E-state index in [1.807, 2.05) is 6.92 Å². The molecule has 0 aliphatic heterocycles. The number of hydrogen-bond donors (Lipinski definition) is 1. The molecule has 1 N–H and O–H groups in total. The Bertz CT molecular complexity index is 247. The summed E-state index contributed by atoms with van der Waals surface area (Å²) in [4.78, 5) is 11.9. The van der Waals surface area contributed by atoms with Gasteiger partial charge in [-0.25, -0.2) is 4.79 Å². The molecule has 0 aliphatic rings. The topological polar surface area (TPSA) is 37.3 Å². The number of carboxylic acid groups (broad SMARTS) is 1. The largest absolute Gasteiger partial charge is 0.477 e. The molecule has 2 nitrogen and oxygen atoms in total. The van der Waals surface area contributed by atoms with Crippen LogP contribution in [-0.2, 0) is 0 Å². The van der Waals surface area contributed by atoms with Gasteiger partial charge in [0, 0.05) is 8.45 Å². The van der Waals surface area contributed by atoms with Crippen LogP contribution >= 0.6 is 33.9 Å². The van der Waals surface area contributed by atoms with Crippen LogP contribution in [0.4, 0.5) is 0 Å². The lowest BCUT2D eigenvalue weighted by Crippen LogP contribution is -1.89. The summed E-state index contributed by atoms with van der Waals surface area (Å²) in [5, 5.41) is 8.53. The molecule has 10 heavy (non-hydrogen) atoms. The maximum Gasteiger partial charge on any atom is 0.345 e. The highest BCUT2D eigenvalue weighted by Gasteiger charge is 2.07. The zero-order valence-corrected chi connectivity index (χ0v) is 8.19. The maximum absolute atomic E-state index is 10.4. The Morgan fingerprint density at radius 3 is 2.60 bits per heavy atom. The van der Waals surface area contributed by atoms with Gasteiger partial charge in [-0.2, -0.15) is 0 Å². The Hall–Kier alpha value is -0.100. The summed E-state index contributed by atoms with van der Waals surface area (Å²) in [6, 6.07) is 1.68. The van der Waals surface area contributed by atoms with E-state index in [0.29, 0.717) is 4.88 Å². The minimum absolute atomic E-state index is 0.418. The van der Waals surface area contributed by atoms with Gasteiger partial charge in [-0.15, -0.1) is 11.3 Å². The molecule has 0 atom stereocenters. The first-order valence-corrected chi connectivity index (χ1v) is 4.50. The summed E-state index contributed by atoms with van der Waals surface area (Å²) in [5.41, 5.74) is 0. The SMILES string of the molecule is Cc1sc(C(=O)O)cc1I. The summed E-state index contributed by atoms with van der Waals surface area (Å²) < 4.78 is 1.03. The van der Waals surface area contributed by atoms with Crippen molar-refractivity contribution in [3.63, 3.8) is 0 Å². The van der Waals surface area contributed by atoms with Crippen LogP contribution in [-0.4, -0.2) is 11.1 Å². The van der Waals surface area contributed by atoms with Crippen molar-refractivity contribution in [3.8, 4) is 0 Å². The fourth-order valence-electron chi connectivity index (χ4n) is 0.565. The molecular weight excluding hydrogens is 263 g/mol. The van der Waals surface area contributed by atoms with E-state index in [0.717, 1.165) is 8.45 Å². The van der Waals surface area contributed by atoms with Crippen LogP contribution in [0.1, 0.15) is 14.5 Å². The highest BCUT2D eigenvalue weighted by molar-refractivity contribution is 14.1. The third kappa shape index (κ3) is 1.49. The first-order valence-electron chi connectivity index (χ1n) is 2.60. The molecule has 0 aliphatic carbocycles. The van der Waals surface area contributed by atoms with Gasteiger partial charge in [0.25, 0.3) is 0 Å². The van der Waals surface area contributed by atoms with E-state index in [4.69, 9.17) is 5.11 Å². The average molecular weight is 268 g/mol. The van der Waals surface area contributed by atoms with Gasteiger partial charge in [0.1, 0.15) is 4.88 Å². The molecule has 1 heterocycles. The molecule has 1 aromatic rings. The van der Waals surface area contributed by atoms with Gasteiger partial charge in [-0.1, -0.05) is 0 Å². The maximum atomic E-state index is 10.4. The molecule has 1 rings (SSSR count). The molecule has 0 aromatic carbocycles. The Balaban J connectivity index is 3.10. The van der Waals surface area contributed by atoms with E-state index in [9.17, 15) is 4.79 Å². The van der Waals surface area contributed by atoms with Crippen LogP contribution in [0, 0.1) is 10.5 Å². The second kappa shape index (κ2) is 2.87. The van der Waals surface area contributed by atoms with E-state index in [1.54, 1.807) is 6.07 Å². The van der Waals surface area contributed by atoms with Gasteiger partial charge in [0.2, 0.25) is 0 Å². The number of rotatable bonds is 1. The van der Waals surface area contributed by atoms with Crippen LogP contribution in [0.5, 0.6) is 0 Å². The van der Waals surface area contributed by atoms with Gasteiger partial charge in [0.15, 0.2) is 0 Å². The number of aromatic carboxylic acids is 1. The molecule has 0 amide bonds. The third-order valence-corrected chi connectivity index (χ3v) is 3.59. The van der Waals surface area contributed by atoms with Crippen LogP contribution < -0.4 is 0 Å². The summed E-state index contributed by atoms with van der Waals surface area (Å²) in [5.74, 6) is -0.837. The average Bonchev–Trinajstić information content (AvgIpc) is 2.13. The first-order chi connectivity index (χ1) is 4.61. The Morgan fingerprint density at radius 1 is 1.80 bits per heavy atom. The van der Waals surface area contributed by atoms with Crippen molar-refractivity contribution in [1.82, 2.24) is 0 Å². The quantitative estimate of drug-likeness (QED) is 0.794. The standard InChI is InChI=1S/C6H5IO2S/c1-3-4(7)2-5(10-3)6(8)9/h2H,1H3,(H,8,9). The van der Waals surface area contributed by atoms with Crippen molar-refractivity contribution in [2.45, 2.75) is 6.92 Å². The molecule has 1 aromatic heterocycles. The zero-order valence-electron chi connectivity index (χ0n) is 5.22. The summed E-state index contributed by atoms with van der Waals surface area (Å²) in [7, 11) is 0. The molecule has 0 bridgehead atoms. The second-order valence-electron chi connectivity index (χ2n) is 1.82. The van der Waals surface area contributed by atoms with Crippen LogP contribution in [0.3, 0.4) is 0 Å². The van der Waals surface area contributed by atoms with Crippen LogP contribution in [0.15, 0.2) is 6.07 Å². The monoisotopic (exact) mass is 268 g/mol. The van der Waals surface area contributed by atoms with Gasteiger partial charge in [0.05, 0.1) is 0 Å². The second-order valence-corrected chi connectivity index (χ2v) is 4.24. The van der Waals surface area contributed by atoms with Crippen molar-refractivity contribution in [2.24, 2.45) is 0 Å². The van der Waals surface area contributed by atoms with Crippen LogP contribution in [0.25, 0.3) is 0 Å². The molecule has 4 heteroatoms. The number of carboxylic acids is 1. The van der Waals surface area contributed by atoms with Gasteiger partial charge < -0.3 is 5.11 Å². The van der Waals surface area contributed by atoms with Crippen molar-refractivity contribution in [1.29, 1.82) is 0 Å². The molecule has 0 radical (unpaired) electrons. The lowest BCUT2D eigenvalue weighted by atomic mass is 10.4. The van der Waals surface area contributed by atoms with Crippen molar-refractivity contribution < 1.29 is 9.90 Å². The van der Waals surface area contributed by atoms with E-state index in [-0.39, 0.29) is 0 Å². The highest BCUT2D eigenvalue weighted by Crippen LogP contribution is 2.22. The zero-order chi connectivity index (χ0) is 7.72. The summed E-state index contributed by atoms with van der Waals surface area (Å²) >= 11 is 3.44. The van der Waals surface area contributed by atoms with Crippen molar-refractivity contribution in [2.75, 3.05) is 0 Å². The highest BCUT2D eigenvalue weighted by atomic mass is 127. The molecule has 0 unspecified atom stereocenters. The number of hydrogen-bond acceptors (Lipinski definition) is 2. The molecule has 0 fully saturated rings. The van der Waals surface area contributed by atoms with Gasteiger partial charge >= 0.3 is 5.97 Å². The van der Waals surface area contributed by atoms with Gasteiger partial charge in [-0.3, -0.25) is 0 Å². The molecule has 0 saturated heterocycles. The minimum atomic E-state index is -0.837. The van der Waals surface area contributed by atoms with Crippen molar-refractivity contribution in [3.05, 3.63) is 19.4 Å². The number of carbonyl (C=O) groups is 1. The number of halogens is 1. The van der Waals surface area contributed by atoms with Crippen LogP contribution in [0.2, 0.25) is 0 Å². The Kier molecular flexibility index (Phi) is 2.30. The number of aryl methyl sites for hydroxylation is 1. The van der Waals surface area contributed by atoms with Crippen molar-refractivity contribution >= 4 is 39.9 Å².